The van der Waals surface area contributed by atoms with Crippen molar-refractivity contribution >= 4 is 127 Å². The molecule has 3 unspecified atom stereocenters. The Morgan fingerprint density at radius 1 is 0.333 bits per heavy atom. The van der Waals surface area contributed by atoms with Gasteiger partial charge in [-0.05, 0) is 126 Å². The number of carbonyl (C=O) groups excluding carboxylic acids is 8. The molecule has 34 nitrogen and oxygen atoms in total. The summed E-state index contributed by atoms with van der Waals surface area (Å²) in [6, 6.07) is 0. The molecule has 0 aliphatic carbocycles. The zero-order chi connectivity index (χ0) is 72.2. The number of hydrogen-bond acceptors (Lipinski definition) is 34. The zero-order valence-corrected chi connectivity index (χ0v) is 65.5. The zero-order valence-electron chi connectivity index (χ0n) is 56.5. The van der Waals surface area contributed by atoms with Gasteiger partial charge in [0, 0.05) is 46.1 Å². The van der Waals surface area contributed by atoms with Gasteiger partial charge >= 0.3 is 52.1 Å². The number of aldehydes is 8. The van der Waals surface area contributed by atoms with Crippen LogP contribution in [0.3, 0.4) is 0 Å². The summed E-state index contributed by atoms with van der Waals surface area (Å²) in [6.45, 7) is 41.2. The topological polar surface area (TPSA) is 501 Å². The van der Waals surface area contributed by atoms with Crippen molar-refractivity contribution in [3.8, 4) is 0 Å². The van der Waals surface area contributed by atoms with E-state index in [9.17, 15) is 44.1 Å². The smallest absolute Gasteiger partial charge is 0.437 e. The van der Waals surface area contributed by atoms with Gasteiger partial charge in [-0.15, -0.1) is 0 Å². The van der Waals surface area contributed by atoms with Crippen LogP contribution in [0.1, 0.15) is 27.7 Å². The van der Waals surface area contributed by atoms with Crippen LogP contribution in [0.2, 0.25) is 98.2 Å². The maximum Gasteiger partial charge on any atom is 0.513 e. The molecular weight excluding hydrogens is 1350 g/mol. The fourth-order valence-corrected chi connectivity index (χ4v) is 36.6. The number of carbonyl (C=O) groups is 8. The first-order chi connectivity index (χ1) is 41.2. The van der Waals surface area contributed by atoms with Gasteiger partial charge < -0.3 is 108 Å². The van der Waals surface area contributed by atoms with Gasteiger partial charge in [0.15, 0.2) is 75.2 Å². The van der Waals surface area contributed by atoms with Crippen LogP contribution in [0.25, 0.3) is 0 Å². The van der Waals surface area contributed by atoms with Gasteiger partial charge in [0.05, 0.1) is 65.1 Å². The second kappa shape index (κ2) is 62.1. The van der Waals surface area contributed by atoms with Crippen LogP contribution in [0.15, 0.2) is 0 Å². The molecule has 43 heteroatoms. The van der Waals surface area contributed by atoms with Crippen LogP contribution >= 0.6 is 0 Å². The summed E-state index contributed by atoms with van der Waals surface area (Å²) in [5.41, 5.74) is 4.92. The first kappa shape index (κ1) is 104. The van der Waals surface area contributed by atoms with E-state index in [1.165, 1.54) is 0 Å². The minimum atomic E-state index is -3.97. The molecule has 540 valence electrons. The standard InChI is InChI=1S/3C12H33NO7Si3.C3H9NO.4C2H2O2/c3*1-7-17-10-13-8-12(14)9-18-11-23(15,16)20-22(5,6)19-21(2,3)4;1-2-5-3-4;4*3-1-2-4/h3*12-16H,7-11H2,1-6H3;2-4H2,1H3;4*1-2H. The molecule has 0 bridgehead atoms. The summed E-state index contributed by atoms with van der Waals surface area (Å²) in [4.78, 5) is 130. The first-order valence-corrected chi connectivity index (χ1v) is 52.9. The van der Waals surface area contributed by atoms with Crippen LogP contribution in [-0.2, 0) is 96.2 Å². The molecular formula is C47H116N4O30Si9. The third-order valence-corrected chi connectivity index (χ3v) is 32.4. The Kier molecular flexibility index (Phi) is 72.0. The van der Waals surface area contributed by atoms with Crippen molar-refractivity contribution in [1.82, 2.24) is 16.0 Å². The Morgan fingerprint density at radius 3 is 0.656 bits per heavy atom. The van der Waals surface area contributed by atoms with Crippen molar-refractivity contribution in [2.24, 2.45) is 5.73 Å². The molecule has 0 amide bonds. The molecule has 0 aliphatic heterocycles. The van der Waals surface area contributed by atoms with Crippen molar-refractivity contribution in [3.05, 3.63) is 0 Å². The van der Waals surface area contributed by atoms with Crippen molar-refractivity contribution in [2.45, 2.75) is 144 Å². The Balaban J connectivity index is -0.000000160. The van der Waals surface area contributed by atoms with Gasteiger partial charge in [0.25, 0.3) is 0 Å². The van der Waals surface area contributed by atoms with Gasteiger partial charge in [-0.2, -0.15) is 0 Å². The van der Waals surface area contributed by atoms with E-state index in [2.05, 4.69) is 20.7 Å². The molecule has 3 atom stereocenters. The van der Waals surface area contributed by atoms with E-state index in [1.807, 2.05) is 86.6 Å². The number of nitrogens with two attached hydrogens (primary N) is 1. The highest BCUT2D eigenvalue weighted by molar-refractivity contribution is 6.86. The van der Waals surface area contributed by atoms with E-state index >= 15 is 0 Å². The predicted octanol–water partition coefficient (Wildman–Crippen LogP) is -2.58. The molecule has 0 saturated carbocycles. The number of nitrogens with one attached hydrogen (secondary N) is 3. The number of aliphatic hydroxyl groups is 3. The molecule has 0 heterocycles. The quantitative estimate of drug-likeness (QED) is 0.00979. The Morgan fingerprint density at radius 2 is 0.522 bits per heavy atom. The van der Waals surface area contributed by atoms with Crippen LogP contribution in [0, 0.1) is 0 Å². The molecule has 0 rings (SSSR count). The molecule has 0 radical (unpaired) electrons. The van der Waals surface area contributed by atoms with Gasteiger partial charge in [0.2, 0.25) is 0 Å². The molecule has 90 heavy (non-hydrogen) atoms. The summed E-state index contributed by atoms with van der Waals surface area (Å²) in [5, 5.41) is 37.7. The summed E-state index contributed by atoms with van der Waals surface area (Å²) in [6.07, 6.45) is -1.72. The lowest BCUT2D eigenvalue weighted by molar-refractivity contribution is -0.122. The van der Waals surface area contributed by atoms with Crippen molar-refractivity contribution < 1.29 is 140 Å². The molecule has 0 fully saturated rings. The Labute approximate surface area is 542 Å². The Bertz CT molecular complexity index is 1510. The second-order valence-electron chi connectivity index (χ2n) is 21.9. The lowest BCUT2D eigenvalue weighted by Crippen LogP contribution is -2.57. The summed E-state index contributed by atoms with van der Waals surface area (Å²) < 4.78 is 69.5. The minimum Gasteiger partial charge on any atom is -0.437 e. The van der Waals surface area contributed by atoms with E-state index in [4.69, 9.17) is 97.2 Å². The Hall–Kier alpha value is -1.73. The largest absolute Gasteiger partial charge is 0.513 e. The van der Waals surface area contributed by atoms with Gasteiger partial charge in [0.1, 0.15) is 18.7 Å². The van der Waals surface area contributed by atoms with E-state index in [1.54, 1.807) is 39.3 Å². The SMILES string of the molecule is CCOCN.CCOCNCC(O)COC[Si](O)(O)O[Si](C)(C)O[Si](C)(C)C.CCOCNCC(O)COC[Si](O)(O)O[Si](C)(C)O[Si](C)(C)C.CCOCNCC(O)COC[Si](O)(O)O[Si](C)(C)O[Si](C)(C)C.O=CC=O.O=CC=O.O=CC=O.O=CC=O. The highest BCUT2D eigenvalue weighted by Gasteiger charge is 2.46. The van der Waals surface area contributed by atoms with Crippen LogP contribution in [0.5, 0.6) is 0 Å². The molecule has 0 aromatic heterocycles. The summed E-state index contributed by atoms with van der Waals surface area (Å²) >= 11 is 0. The summed E-state index contributed by atoms with van der Waals surface area (Å²) in [7, 11) is -25.3. The van der Waals surface area contributed by atoms with Crippen molar-refractivity contribution in [2.75, 3.05) is 111 Å². The molecule has 0 aromatic carbocycles. The average molecular weight is 1470 g/mol. The van der Waals surface area contributed by atoms with E-state index in [-0.39, 0.29) is 88.8 Å². The normalized spacial score (nSPS) is 12.9. The highest BCUT2D eigenvalue weighted by Crippen LogP contribution is 2.21. The van der Waals surface area contributed by atoms with E-state index < -0.39 is 95.4 Å². The average Bonchev–Trinajstić information content (AvgIpc) is 2.14. The predicted molar refractivity (Wildman–Crippen MR) is 353 cm³/mol. The van der Waals surface area contributed by atoms with Crippen LogP contribution in [-0.4, -0.2) is 301 Å². The highest BCUT2D eigenvalue weighted by atomic mass is 28.5. The third-order valence-electron chi connectivity index (χ3n) is 7.59. The number of hydrogen-bond donors (Lipinski definition) is 13. The number of ether oxygens (including phenoxy) is 7. The van der Waals surface area contributed by atoms with E-state index in [0.29, 0.717) is 66.4 Å². The second-order valence-corrected chi connectivity index (χ2v) is 53.2. The van der Waals surface area contributed by atoms with Crippen molar-refractivity contribution in [1.29, 1.82) is 0 Å². The fourth-order valence-electron chi connectivity index (χ4n) is 6.02. The monoisotopic (exact) mass is 1470 g/mol. The maximum absolute atomic E-state index is 10.0. The van der Waals surface area contributed by atoms with Crippen LogP contribution < -0.4 is 21.7 Å². The molecule has 0 saturated heterocycles. The lowest BCUT2D eigenvalue weighted by Gasteiger charge is -2.34. The lowest BCUT2D eigenvalue weighted by atomic mass is 10.4. The minimum absolute atomic E-state index is 0.0186. The number of rotatable bonds is 45. The first-order valence-electron chi connectivity index (χ1n) is 28.2. The molecule has 0 aliphatic rings. The third kappa shape index (κ3) is 99.8. The maximum atomic E-state index is 10.0. The molecule has 0 aromatic rings. The van der Waals surface area contributed by atoms with Crippen LogP contribution in [0.4, 0.5) is 0 Å². The number of aliphatic hydroxyl groups excluding tert-OH is 3. The molecule has 14 N–H and O–H groups in total. The molecule has 0 spiro atoms. The van der Waals surface area contributed by atoms with Crippen molar-refractivity contribution in [3.63, 3.8) is 0 Å². The summed E-state index contributed by atoms with van der Waals surface area (Å²) in [5.74, 6) is 0. The van der Waals surface area contributed by atoms with E-state index in [0.717, 1.165) is 6.61 Å². The van der Waals surface area contributed by atoms with Gasteiger partial charge in [-0.25, -0.2) is 0 Å². The van der Waals surface area contributed by atoms with Gasteiger partial charge in [-0.1, -0.05) is 0 Å². The van der Waals surface area contributed by atoms with Gasteiger partial charge in [-0.3, -0.25) is 54.3 Å². The fraction of sp³-hybridized carbons (Fsp3) is 0.830.